The number of anilines is 6. The van der Waals surface area contributed by atoms with Gasteiger partial charge in [0, 0.05) is 36.4 Å². The third-order valence-electron chi connectivity index (χ3n) is 8.28. The van der Waals surface area contributed by atoms with Gasteiger partial charge in [-0.05, 0) is 87.4 Å². The number of benzene rings is 4. The van der Waals surface area contributed by atoms with Crippen LogP contribution >= 0.6 is 0 Å². The first-order valence-corrected chi connectivity index (χ1v) is 15.3. The number of nitrogens with zero attached hydrogens (tertiary/aromatic N) is 5. The van der Waals surface area contributed by atoms with Crippen LogP contribution in [-0.2, 0) is 9.68 Å². The minimum Gasteiger partial charge on any atom is -0.478 e. The van der Waals surface area contributed by atoms with Crippen molar-refractivity contribution < 1.29 is 19.6 Å². The molecule has 1 fully saturated rings. The second kappa shape index (κ2) is 13.4. The zero-order chi connectivity index (χ0) is 32.2. The zero-order valence-electron chi connectivity index (χ0n) is 26.5. The zero-order valence-corrected chi connectivity index (χ0v) is 26.5. The van der Waals surface area contributed by atoms with Gasteiger partial charge in [0.15, 0.2) is 0 Å². The molecule has 0 aliphatic carbocycles. The molecule has 6 rings (SSSR count). The molecule has 0 spiro atoms. The van der Waals surface area contributed by atoms with Gasteiger partial charge >= 0.3 is 5.97 Å². The summed E-state index contributed by atoms with van der Waals surface area (Å²) in [6.07, 6.45) is 3.66. The number of carboxylic acid groups (broad SMARTS) is 1. The van der Waals surface area contributed by atoms with Gasteiger partial charge < -0.3 is 15.3 Å². The van der Waals surface area contributed by atoms with E-state index < -0.39 is 5.97 Å². The summed E-state index contributed by atoms with van der Waals surface area (Å²) >= 11 is 0. The third kappa shape index (κ3) is 6.58. The Morgan fingerprint density at radius 2 is 1.37 bits per heavy atom. The van der Waals surface area contributed by atoms with Crippen molar-refractivity contribution in [1.82, 2.24) is 9.97 Å². The van der Waals surface area contributed by atoms with Crippen LogP contribution < -0.4 is 20.3 Å². The molecule has 1 aliphatic heterocycles. The predicted octanol–water partition coefficient (Wildman–Crippen LogP) is 7.42. The fraction of sp³-hybridized carbons (Fsp3) is 0.250. The maximum absolute atomic E-state index is 11.2. The lowest BCUT2D eigenvalue weighted by atomic mass is 10.0. The van der Waals surface area contributed by atoms with Crippen molar-refractivity contribution in [2.75, 3.05) is 47.7 Å². The van der Waals surface area contributed by atoms with Crippen molar-refractivity contribution in [3.63, 3.8) is 0 Å². The normalized spacial score (nSPS) is 13.5. The maximum Gasteiger partial charge on any atom is 0.335 e. The van der Waals surface area contributed by atoms with Crippen molar-refractivity contribution >= 4 is 51.3 Å². The smallest absolute Gasteiger partial charge is 0.335 e. The Hall–Kier alpha value is -5.19. The Kier molecular flexibility index (Phi) is 9.00. The predicted molar refractivity (Wildman–Crippen MR) is 182 cm³/mol. The largest absolute Gasteiger partial charge is 0.478 e. The number of hydrogen-bond donors (Lipinski definition) is 2. The van der Waals surface area contributed by atoms with Crippen LogP contribution in [0.5, 0.6) is 0 Å². The molecular formula is C36H38N6O4. The monoisotopic (exact) mass is 618 g/mol. The number of aromatic nitrogens is 2. The van der Waals surface area contributed by atoms with E-state index in [0.29, 0.717) is 5.95 Å². The fourth-order valence-corrected chi connectivity index (χ4v) is 5.74. The quantitative estimate of drug-likeness (QED) is 0.154. The highest BCUT2D eigenvalue weighted by atomic mass is 16.7. The molecule has 2 heterocycles. The molecule has 0 bridgehead atoms. The van der Waals surface area contributed by atoms with Crippen molar-refractivity contribution in [3.05, 3.63) is 108 Å². The van der Waals surface area contributed by atoms with Crippen LogP contribution in [0.4, 0.5) is 34.4 Å². The molecular weight excluding hydrogens is 580 g/mol. The molecule has 0 saturated carbocycles. The molecule has 10 heteroatoms. The summed E-state index contributed by atoms with van der Waals surface area (Å²) in [4.78, 5) is 35.1. The molecule has 2 N–H and O–H groups in total. The summed E-state index contributed by atoms with van der Waals surface area (Å²) in [6.45, 7) is 5.70. The molecule has 10 nitrogen and oxygen atoms in total. The van der Waals surface area contributed by atoms with E-state index in [4.69, 9.17) is 24.7 Å². The Morgan fingerprint density at radius 3 is 1.89 bits per heavy atom. The van der Waals surface area contributed by atoms with Gasteiger partial charge in [0.2, 0.25) is 5.95 Å². The van der Waals surface area contributed by atoms with Crippen LogP contribution in [0.3, 0.4) is 0 Å². The number of piperidine rings is 1. The Bertz CT molecular complexity index is 1800. The van der Waals surface area contributed by atoms with Crippen LogP contribution in [0, 0.1) is 13.8 Å². The summed E-state index contributed by atoms with van der Waals surface area (Å²) in [5.74, 6) is -0.247. The maximum atomic E-state index is 11.2. The van der Waals surface area contributed by atoms with Gasteiger partial charge in [0.25, 0.3) is 0 Å². The van der Waals surface area contributed by atoms with Gasteiger partial charge in [-0.3, -0.25) is 9.68 Å². The highest BCUT2D eigenvalue weighted by molar-refractivity contribution is 5.93. The standard InChI is InChI=1S/C36H38N6O4/c1-24-5-13-30(14-6-24)41(45-3)33-21-27-23-37-36(39-32(27)22-34(33)42(46-4)31-15-7-25(2)8-16-31)40-19-17-29(18-20-40)38-28-11-9-26(10-12-28)35(43)44/h5-16,21-23,29,38H,17-20H2,1-4H3,(H,43,44). The Morgan fingerprint density at radius 1 is 0.826 bits per heavy atom. The summed E-state index contributed by atoms with van der Waals surface area (Å²) in [5.41, 5.74) is 7.59. The minimum absolute atomic E-state index is 0.271. The van der Waals surface area contributed by atoms with E-state index >= 15 is 0 Å². The van der Waals surface area contributed by atoms with Gasteiger partial charge in [-0.2, -0.15) is 0 Å². The van der Waals surface area contributed by atoms with E-state index in [9.17, 15) is 4.79 Å². The second-order valence-corrected chi connectivity index (χ2v) is 11.5. The van der Waals surface area contributed by atoms with E-state index in [2.05, 4.69) is 48.3 Å². The molecule has 1 aromatic heterocycles. The van der Waals surface area contributed by atoms with E-state index in [1.165, 1.54) is 0 Å². The SMILES string of the molecule is CON(c1ccc(C)cc1)c1cc2cnc(N3CCC(Nc4ccc(C(=O)O)cc4)CC3)nc2cc1N(OC)c1ccc(C)cc1. The first-order valence-electron chi connectivity index (χ1n) is 15.3. The number of aryl methyl sites for hydroxylation is 2. The summed E-state index contributed by atoms with van der Waals surface area (Å²) in [5, 5.41) is 17.2. The van der Waals surface area contributed by atoms with Crippen molar-refractivity contribution in [1.29, 1.82) is 0 Å². The number of nitrogens with one attached hydrogen (secondary N) is 1. The lowest BCUT2D eigenvalue weighted by Gasteiger charge is -2.33. The van der Waals surface area contributed by atoms with Gasteiger partial charge in [-0.25, -0.2) is 24.9 Å². The van der Waals surface area contributed by atoms with Crippen molar-refractivity contribution in [2.45, 2.75) is 32.7 Å². The molecule has 4 aromatic carbocycles. The summed E-state index contributed by atoms with van der Waals surface area (Å²) in [6, 6.07) is 27.5. The topological polar surface area (TPSA) is 103 Å². The van der Waals surface area contributed by atoms with Gasteiger partial charge in [-0.1, -0.05) is 35.4 Å². The number of fused-ring (bicyclic) bond motifs is 1. The van der Waals surface area contributed by atoms with E-state index in [0.717, 1.165) is 76.4 Å². The number of carbonyl (C=O) groups is 1. The highest BCUT2D eigenvalue weighted by Crippen LogP contribution is 2.41. The summed E-state index contributed by atoms with van der Waals surface area (Å²) < 4.78 is 0. The molecule has 0 radical (unpaired) electrons. The second-order valence-electron chi connectivity index (χ2n) is 11.5. The molecule has 5 aromatic rings. The third-order valence-corrected chi connectivity index (χ3v) is 8.28. The van der Waals surface area contributed by atoms with Crippen LogP contribution in [0.2, 0.25) is 0 Å². The van der Waals surface area contributed by atoms with Gasteiger partial charge in [0.05, 0.1) is 48.0 Å². The van der Waals surface area contributed by atoms with Crippen molar-refractivity contribution in [2.24, 2.45) is 0 Å². The van der Waals surface area contributed by atoms with E-state index in [1.54, 1.807) is 36.5 Å². The number of rotatable bonds is 10. The Balaban J connectivity index is 1.30. The minimum atomic E-state index is -0.925. The van der Waals surface area contributed by atoms with E-state index in [1.807, 2.05) is 54.7 Å². The molecule has 0 amide bonds. The number of hydrogen-bond acceptors (Lipinski definition) is 9. The van der Waals surface area contributed by atoms with Crippen molar-refractivity contribution in [3.8, 4) is 0 Å². The lowest BCUT2D eigenvalue weighted by molar-refractivity contribution is 0.0697. The summed E-state index contributed by atoms with van der Waals surface area (Å²) in [7, 11) is 3.31. The molecule has 236 valence electrons. The van der Waals surface area contributed by atoms with Gasteiger partial charge in [-0.15, -0.1) is 0 Å². The van der Waals surface area contributed by atoms with Gasteiger partial charge in [0.1, 0.15) is 0 Å². The van der Waals surface area contributed by atoms with E-state index in [-0.39, 0.29) is 11.6 Å². The molecule has 46 heavy (non-hydrogen) atoms. The molecule has 1 saturated heterocycles. The lowest BCUT2D eigenvalue weighted by Crippen LogP contribution is -2.40. The molecule has 1 aliphatic rings. The highest BCUT2D eigenvalue weighted by Gasteiger charge is 2.24. The fourth-order valence-electron chi connectivity index (χ4n) is 5.74. The average Bonchev–Trinajstić information content (AvgIpc) is 3.07. The number of aromatic carboxylic acids is 1. The average molecular weight is 619 g/mol. The number of carboxylic acids is 1. The Labute approximate surface area is 268 Å². The molecule has 0 atom stereocenters. The molecule has 0 unspecified atom stereocenters. The first kappa shape index (κ1) is 30.8. The van der Waals surface area contributed by atoms with Crippen LogP contribution in [0.15, 0.2) is 91.1 Å². The van der Waals surface area contributed by atoms with Crippen LogP contribution in [0.25, 0.3) is 10.9 Å². The van der Waals surface area contributed by atoms with Crippen LogP contribution in [-0.4, -0.2) is 54.4 Å². The van der Waals surface area contributed by atoms with Crippen LogP contribution in [0.1, 0.15) is 34.3 Å². The first-order chi connectivity index (χ1) is 22.3.